The highest BCUT2D eigenvalue weighted by Crippen LogP contribution is 2.17. The van der Waals surface area contributed by atoms with E-state index in [1.54, 1.807) is 23.1 Å². The largest absolute Gasteiger partial charge is 0.417 e. The highest BCUT2D eigenvalue weighted by Gasteiger charge is 2.39. The lowest BCUT2D eigenvalue weighted by molar-refractivity contribution is -0.145. The molecular formula is C22H20FN7O5. The number of aromatic amines is 1. The van der Waals surface area contributed by atoms with Crippen molar-refractivity contribution < 1.29 is 23.2 Å². The van der Waals surface area contributed by atoms with Crippen molar-refractivity contribution in [1.82, 2.24) is 35.1 Å². The van der Waals surface area contributed by atoms with Gasteiger partial charge in [-0.3, -0.25) is 19.4 Å². The van der Waals surface area contributed by atoms with E-state index in [0.717, 1.165) is 10.7 Å². The molecule has 5 rings (SSSR count). The summed E-state index contributed by atoms with van der Waals surface area (Å²) in [5.41, 5.74) is 0.870. The lowest BCUT2D eigenvalue weighted by atomic mass is 10.1. The predicted octanol–water partition coefficient (Wildman–Crippen LogP) is 0.582. The summed E-state index contributed by atoms with van der Waals surface area (Å²) in [5, 5.41) is 9.08. The molecule has 1 aliphatic heterocycles. The molecule has 4 heterocycles. The Morgan fingerprint density at radius 3 is 2.80 bits per heavy atom. The molecule has 4 aromatic rings. The van der Waals surface area contributed by atoms with E-state index in [9.17, 15) is 23.6 Å². The first-order valence-corrected chi connectivity index (χ1v) is 10.8. The number of benzene rings is 1. The fourth-order valence-electron chi connectivity index (χ4n) is 3.85. The third-order valence-corrected chi connectivity index (χ3v) is 5.72. The van der Waals surface area contributed by atoms with Crippen LogP contribution in [0, 0.1) is 5.82 Å². The maximum atomic E-state index is 14.3. The molecule has 1 saturated heterocycles. The van der Waals surface area contributed by atoms with E-state index >= 15 is 0 Å². The Morgan fingerprint density at radius 2 is 2.06 bits per heavy atom. The van der Waals surface area contributed by atoms with E-state index in [-0.39, 0.29) is 35.5 Å². The maximum Gasteiger partial charge on any atom is 0.417 e. The van der Waals surface area contributed by atoms with E-state index in [0.29, 0.717) is 23.2 Å². The lowest BCUT2D eigenvalue weighted by Crippen LogP contribution is -2.65. The Morgan fingerprint density at radius 1 is 1.26 bits per heavy atom. The summed E-state index contributed by atoms with van der Waals surface area (Å²) in [7, 11) is 0. The minimum atomic E-state index is -0.811. The zero-order valence-corrected chi connectivity index (χ0v) is 18.7. The zero-order valence-electron chi connectivity index (χ0n) is 18.7. The molecule has 1 aromatic carbocycles. The topological polar surface area (TPSA) is 155 Å². The molecule has 180 valence electrons. The van der Waals surface area contributed by atoms with Gasteiger partial charge in [0.15, 0.2) is 17.0 Å². The number of β-lactam (4-membered cyclic amide) rings is 1. The fraction of sp³-hybridized carbons (Fsp3) is 0.273. The summed E-state index contributed by atoms with van der Waals surface area (Å²) in [6.45, 7) is 4.15. The van der Waals surface area contributed by atoms with Gasteiger partial charge in [0.05, 0.1) is 18.3 Å². The summed E-state index contributed by atoms with van der Waals surface area (Å²) in [5.74, 6) is -2.97. The fourth-order valence-corrected chi connectivity index (χ4v) is 3.85. The maximum absolute atomic E-state index is 14.3. The molecule has 0 unspecified atom stereocenters. The van der Waals surface area contributed by atoms with E-state index in [2.05, 4.69) is 25.7 Å². The Hall–Kier alpha value is -4.55. The van der Waals surface area contributed by atoms with Gasteiger partial charge in [0, 0.05) is 18.7 Å². The number of nitrogens with one attached hydrogen (secondary N) is 3. The second kappa shape index (κ2) is 8.34. The van der Waals surface area contributed by atoms with Gasteiger partial charge in [-0.2, -0.15) is 5.10 Å². The van der Waals surface area contributed by atoms with Crippen LogP contribution in [0.25, 0.3) is 16.7 Å². The number of hydrogen-bond donors (Lipinski definition) is 3. The van der Waals surface area contributed by atoms with Crippen molar-refractivity contribution in [3.63, 3.8) is 0 Å². The molecule has 1 aliphatic rings. The highest BCUT2D eigenvalue weighted by atomic mass is 19.1. The number of carbonyl (C=O) groups is 3. The third kappa shape index (κ3) is 4.00. The zero-order chi connectivity index (χ0) is 24.9. The average molecular weight is 481 g/mol. The van der Waals surface area contributed by atoms with E-state index in [1.807, 2.05) is 13.8 Å². The van der Waals surface area contributed by atoms with Crippen LogP contribution in [0.5, 0.6) is 0 Å². The molecule has 3 N–H and O–H groups in total. The van der Waals surface area contributed by atoms with Gasteiger partial charge in [-0.05, 0) is 31.5 Å². The van der Waals surface area contributed by atoms with Crippen LogP contribution in [0.1, 0.15) is 40.4 Å². The SMILES string of the molecule is CC(C)N1C[C@H](NC(=O)c2cc(C(=O)NCc3ccc4oc(=O)[nH]c4c3)nc3c(F)cnn23)C1=O. The van der Waals surface area contributed by atoms with E-state index < -0.39 is 29.4 Å². The summed E-state index contributed by atoms with van der Waals surface area (Å²) in [4.78, 5) is 57.4. The normalized spacial score (nSPS) is 15.6. The number of nitrogens with zero attached hydrogens (tertiary/aromatic N) is 4. The number of oxazole rings is 1. The van der Waals surface area contributed by atoms with Crippen LogP contribution in [0.3, 0.4) is 0 Å². The molecule has 13 heteroatoms. The van der Waals surface area contributed by atoms with Crippen LogP contribution in [0.15, 0.2) is 39.7 Å². The monoisotopic (exact) mass is 481 g/mol. The van der Waals surface area contributed by atoms with Crippen LogP contribution in [0.4, 0.5) is 4.39 Å². The number of fused-ring (bicyclic) bond motifs is 2. The summed E-state index contributed by atoms with van der Waals surface area (Å²) < 4.78 is 20.2. The van der Waals surface area contributed by atoms with Gasteiger partial charge in [-0.1, -0.05) is 6.07 Å². The molecule has 0 saturated carbocycles. The van der Waals surface area contributed by atoms with Crippen molar-refractivity contribution in [1.29, 1.82) is 0 Å². The minimum Gasteiger partial charge on any atom is -0.408 e. The van der Waals surface area contributed by atoms with Gasteiger partial charge >= 0.3 is 5.76 Å². The Bertz CT molecular complexity index is 1550. The molecule has 3 amide bonds. The summed E-state index contributed by atoms with van der Waals surface area (Å²) in [6, 6.07) is 5.38. The number of aromatic nitrogens is 4. The molecule has 1 fully saturated rings. The highest BCUT2D eigenvalue weighted by molar-refractivity contribution is 6.01. The van der Waals surface area contributed by atoms with Crippen molar-refractivity contribution >= 4 is 34.5 Å². The molecule has 12 nitrogen and oxygen atoms in total. The second-order valence-corrected chi connectivity index (χ2v) is 8.39. The standard InChI is InChI=1S/C22H20FN7O5/c1-10(2)29-9-15(21(29)33)27-20(32)16-6-14(26-18-12(23)8-25-30(16)18)19(31)24-7-11-3-4-17-13(5-11)28-22(34)35-17/h3-6,8,10,15H,7,9H2,1-2H3,(H,24,31)(H,27,32)(H,28,34)/t15-/m0/s1. The molecule has 0 aliphatic carbocycles. The Kier molecular flexibility index (Phi) is 5.30. The van der Waals surface area contributed by atoms with Gasteiger partial charge in [-0.25, -0.2) is 18.7 Å². The quantitative estimate of drug-likeness (QED) is 0.340. The van der Waals surface area contributed by atoms with Crippen molar-refractivity contribution in [2.75, 3.05) is 6.54 Å². The van der Waals surface area contributed by atoms with Gasteiger partial charge in [-0.15, -0.1) is 0 Å². The molecule has 35 heavy (non-hydrogen) atoms. The van der Waals surface area contributed by atoms with E-state index in [4.69, 9.17) is 4.42 Å². The van der Waals surface area contributed by atoms with Crippen molar-refractivity contribution in [3.05, 3.63) is 63.8 Å². The molecule has 1 atom stereocenters. The van der Waals surface area contributed by atoms with Gasteiger partial charge < -0.3 is 20.0 Å². The lowest BCUT2D eigenvalue weighted by Gasteiger charge is -2.41. The van der Waals surface area contributed by atoms with Crippen LogP contribution in [-0.4, -0.2) is 60.8 Å². The number of rotatable bonds is 6. The van der Waals surface area contributed by atoms with Crippen LogP contribution in [-0.2, 0) is 11.3 Å². The van der Waals surface area contributed by atoms with Crippen molar-refractivity contribution in [2.45, 2.75) is 32.5 Å². The first kappa shape index (κ1) is 22.3. The number of hydrogen-bond acceptors (Lipinski definition) is 7. The van der Waals surface area contributed by atoms with Crippen molar-refractivity contribution in [3.8, 4) is 0 Å². The number of likely N-dealkylation sites (tertiary alicyclic amines) is 1. The number of H-pyrrole nitrogens is 1. The molecule has 3 aromatic heterocycles. The smallest absolute Gasteiger partial charge is 0.408 e. The molecule has 0 spiro atoms. The Balaban J connectivity index is 1.36. The van der Waals surface area contributed by atoms with Crippen LogP contribution < -0.4 is 16.4 Å². The van der Waals surface area contributed by atoms with Gasteiger partial charge in [0.2, 0.25) is 5.91 Å². The van der Waals surface area contributed by atoms with E-state index in [1.165, 1.54) is 6.07 Å². The summed E-state index contributed by atoms with van der Waals surface area (Å²) in [6.07, 6.45) is 0.886. The second-order valence-electron chi connectivity index (χ2n) is 8.39. The number of carbonyl (C=O) groups excluding carboxylic acids is 3. The molecular weight excluding hydrogens is 461 g/mol. The average Bonchev–Trinajstić information content (AvgIpc) is 3.39. The third-order valence-electron chi connectivity index (χ3n) is 5.72. The molecule has 0 bridgehead atoms. The van der Waals surface area contributed by atoms with Gasteiger partial charge in [0.25, 0.3) is 11.8 Å². The summed E-state index contributed by atoms with van der Waals surface area (Å²) >= 11 is 0. The predicted molar refractivity (Wildman–Crippen MR) is 119 cm³/mol. The van der Waals surface area contributed by atoms with Gasteiger partial charge in [0.1, 0.15) is 17.4 Å². The van der Waals surface area contributed by atoms with Crippen LogP contribution >= 0.6 is 0 Å². The van der Waals surface area contributed by atoms with Crippen LogP contribution in [0.2, 0.25) is 0 Å². The number of halogens is 1. The number of amides is 3. The molecule has 0 radical (unpaired) electrons. The first-order valence-electron chi connectivity index (χ1n) is 10.8. The van der Waals surface area contributed by atoms with Crippen molar-refractivity contribution in [2.24, 2.45) is 0 Å². The minimum absolute atomic E-state index is 0.00765. The Labute approximate surface area is 196 Å². The first-order chi connectivity index (χ1) is 16.7.